The van der Waals surface area contributed by atoms with Crippen molar-refractivity contribution in [1.29, 1.82) is 0 Å². The predicted molar refractivity (Wildman–Crippen MR) is 148 cm³/mol. The number of nitrogens with zero attached hydrogens (tertiary/aromatic N) is 5. The summed E-state index contributed by atoms with van der Waals surface area (Å²) in [6, 6.07) is 18.4. The van der Waals surface area contributed by atoms with Crippen LogP contribution in [0.2, 0.25) is 0 Å². The van der Waals surface area contributed by atoms with Crippen molar-refractivity contribution in [3.8, 4) is 11.4 Å². The lowest BCUT2D eigenvalue weighted by Gasteiger charge is -2.32. The lowest BCUT2D eigenvalue weighted by molar-refractivity contribution is -0.128. The minimum absolute atomic E-state index is 0.0308. The van der Waals surface area contributed by atoms with Crippen molar-refractivity contribution in [2.24, 2.45) is 0 Å². The fraction of sp³-hybridized carbons (Fsp3) is 0.310. The summed E-state index contributed by atoms with van der Waals surface area (Å²) in [5.41, 5.74) is 1.78. The number of aromatic nitrogens is 4. The molecule has 2 aromatic carbocycles. The van der Waals surface area contributed by atoms with Gasteiger partial charge >= 0.3 is 0 Å². The van der Waals surface area contributed by atoms with Crippen LogP contribution in [0.4, 0.5) is 11.4 Å². The first-order valence-corrected chi connectivity index (χ1v) is 13.3. The first kappa shape index (κ1) is 26.8. The van der Waals surface area contributed by atoms with Crippen molar-refractivity contribution in [3.05, 3.63) is 78.8 Å². The fourth-order valence-corrected chi connectivity index (χ4v) is 4.90. The summed E-state index contributed by atoms with van der Waals surface area (Å²) in [7, 11) is 0. The van der Waals surface area contributed by atoms with Gasteiger partial charge in [-0.3, -0.25) is 19.3 Å². The van der Waals surface area contributed by atoms with Gasteiger partial charge < -0.3 is 15.1 Å². The Labute approximate surface area is 231 Å². The van der Waals surface area contributed by atoms with E-state index in [-0.39, 0.29) is 24.4 Å². The molecule has 1 atom stereocenters. The summed E-state index contributed by atoms with van der Waals surface area (Å²) in [6.07, 6.45) is 6.50. The van der Waals surface area contributed by atoms with Crippen LogP contribution >= 0.6 is 0 Å². The van der Waals surface area contributed by atoms with Gasteiger partial charge in [-0.05, 0) is 54.5 Å². The summed E-state index contributed by atoms with van der Waals surface area (Å²) in [5.74, 6) is -0.281. The molecule has 206 valence electrons. The van der Waals surface area contributed by atoms with Gasteiger partial charge in [-0.2, -0.15) is 4.80 Å². The molecular formula is C29H31N7O4. The van der Waals surface area contributed by atoms with Crippen LogP contribution in [-0.4, -0.2) is 44.0 Å². The molecule has 0 bridgehead atoms. The normalized spacial score (nSPS) is 14.3. The van der Waals surface area contributed by atoms with Gasteiger partial charge in [-0.1, -0.05) is 49.6 Å². The number of rotatable bonds is 9. The smallest absolute Gasteiger partial charge is 0.251 e. The van der Waals surface area contributed by atoms with E-state index in [4.69, 9.17) is 4.42 Å². The Hall–Kier alpha value is -4.80. The Morgan fingerprint density at radius 3 is 2.42 bits per heavy atom. The van der Waals surface area contributed by atoms with Crippen molar-refractivity contribution in [3.63, 3.8) is 0 Å². The van der Waals surface area contributed by atoms with Gasteiger partial charge in [0.2, 0.25) is 11.7 Å². The number of tetrazole rings is 1. The standard InChI is InChI=1S/C29H31N7O4/c1-20(37)30-23-14-16-24(17-15-23)36(26(38)19-35-33-28(32-34-35)21-9-4-2-5-10-21)27(25-13-8-18-40-25)29(39)31-22-11-6-3-7-12-22/h2,4-5,8-10,13-18,22,27H,3,6-7,11-12,19H2,1H3,(H,30,37)(H,31,39). The molecule has 11 nitrogen and oxygen atoms in total. The van der Waals surface area contributed by atoms with Gasteiger partial charge in [-0.15, -0.1) is 10.2 Å². The van der Waals surface area contributed by atoms with Gasteiger partial charge in [0.05, 0.1) is 6.26 Å². The summed E-state index contributed by atoms with van der Waals surface area (Å²) >= 11 is 0. The molecule has 1 aliphatic carbocycles. The summed E-state index contributed by atoms with van der Waals surface area (Å²) in [4.78, 5) is 41.9. The van der Waals surface area contributed by atoms with E-state index >= 15 is 0 Å². The largest absolute Gasteiger partial charge is 0.467 e. The minimum Gasteiger partial charge on any atom is -0.467 e. The van der Waals surface area contributed by atoms with Gasteiger partial charge in [0.1, 0.15) is 12.3 Å². The molecular weight excluding hydrogens is 510 g/mol. The highest BCUT2D eigenvalue weighted by Gasteiger charge is 2.36. The maximum absolute atomic E-state index is 14.0. The molecule has 0 spiro atoms. The zero-order valence-corrected chi connectivity index (χ0v) is 22.2. The Morgan fingerprint density at radius 2 is 1.75 bits per heavy atom. The topological polar surface area (TPSA) is 135 Å². The lowest BCUT2D eigenvalue weighted by atomic mass is 9.95. The number of anilines is 2. The maximum Gasteiger partial charge on any atom is 0.251 e. The van der Waals surface area contributed by atoms with E-state index in [0.717, 1.165) is 37.7 Å². The molecule has 11 heteroatoms. The van der Waals surface area contributed by atoms with Crippen LogP contribution in [-0.2, 0) is 20.9 Å². The van der Waals surface area contributed by atoms with Crippen molar-refractivity contribution in [2.45, 2.75) is 57.7 Å². The zero-order chi connectivity index (χ0) is 27.9. The average molecular weight is 542 g/mol. The van der Waals surface area contributed by atoms with E-state index in [0.29, 0.717) is 23.0 Å². The zero-order valence-electron chi connectivity index (χ0n) is 22.2. The Balaban J connectivity index is 1.47. The van der Waals surface area contributed by atoms with E-state index < -0.39 is 11.9 Å². The third-order valence-corrected chi connectivity index (χ3v) is 6.77. The molecule has 0 saturated heterocycles. The number of benzene rings is 2. The third-order valence-electron chi connectivity index (χ3n) is 6.77. The molecule has 2 heterocycles. The third kappa shape index (κ3) is 6.42. The van der Waals surface area contributed by atoms with Crippen LogP contribution in [0.25, 0.3) is 11.4 Å². The number of furan rings is 1. The van der Waals surface area contributed by atoms with E-state index in [2.05, 4.69) is 26.0 Å². The van der Waals surface area contributed by atoms with E-state index in [1.807, 2.05) is 30.3 Å². The SMILES string of the molecule is CC(=O)Nc1ccc(N(C(=O)Cn2nnc(-c3ccccc3)n2)C(C(=O)NC2CCCCC2)c2ccco2)cc1. The Morgan fingerprint density at radius 1 is 1.00 bits per heavy atom. The fourth-order valence-electron chi connectivity index (χ4n) is 4.90. The van der Waals surface area contributed by atoms with Crippen molar-refractivity contribution < 1.29 is 18.8 Å². The summed E-state index contributed by atoms with van der Waals surface area (Å²) < 4.78 is 5.68. The van der Waals surface area contributed by atoms with E-state index in [9.17, 15) is 14.4 Å². The number of carbonyl (C=O) groups excluding carboxylic acids is 3. The maximum atomic E-state index is 14.0. The predicted octanol–water partition coefficient (Wildman–Crippen LogP) is 4.11. The second kappa shape index (κ2) is 12.4. The molecule has 3 amide bonds. The Kier molecular flexibility index (Phi) is 8.29. The van der Waals surface area contributed by atoms with Crippen LogP contribution in [0, 0.1) is 0 Å². The van der Waals surface area contributed by atoms with Crippen LogP contribution in [0.3, 0.4) is 0 Å². The molecule has 1 unspecified atom stereocenters. The molecule has 0 aliphatic heterocycles. The molecule has 1 aliphatic rings. The van der Waals surface area contributed by atoms with Gasteiger partial charge in [0, 0.05) is 29.9 Å². The number of nitrogens with one attached hydrogen (secondary N) is 2. The second-order valence-corrected chi connectivity index (χ2v) is 9.76. The molecule has 1 fully saturated rings. The molecule has 5 rings (SSSR count). The number of hydrogen-bond acceptors (Lipinski definition) is 7. The quantitative estimate of drug-likeness (QED) is 0.325. The summed E-state index contributed by atoms with van der Waals surface area (Å²) in [6.45, 7) is 1.16. The molecule has 0 radical (unpaired) electrons. The highest BCUT2D eigenvalue weighted by Crippen LogP contribution is 2.31. The second-order valence-electron chi connectivity index (χ2n) is 9.76. The van der Waals surface area contributed by atoms with Crippen molar-refractivity contribution in [2.75, 3.05) is 10.2 Å². The van der Waals surface area contributed by atoms with E-state index in [1.54, 1.807) is 36.4 Å². The minimum atomic E-state index is -1.08. The van der Waals surface area contributed by atoms with Crippen LogP contribution in [0.5, 0.6) is 0 Å². The molecule has 40 heavy (non-hydrogen) atoms. The van der Waals surface area contributed by atoms with Crippen LogP contribution in [0.15, 0.2) is 77.4 Å². The lowest BCUT2D eigenvalue weighted by Crippen LogP contribution is -2.48. The number of amides is 3. The summed E-state index contributed by atoms with van der Waals surface area (Å²) in [5, 5.41) is 18.4. The number of hydrogen-bond donors (Lipinski definition) is 2. The molecule has 2 N–H and O–H groups in total. The molecule has 2 aromatic heterocycles. The van der Waals surface area contributed by atoms with Gasteiger partial charge in [-0.25, -0.2) is 0 Å². The van der Waals surface area contributed by atoms with Crippen LogP contribution in [0.1, 0.15) is 50.8 Å². The van der Waals surface area contributed by atoms with Gasteiger partial charge in [0.15, 0.2) is 6.04 Å². The van der Waals surface area contributed by atoms with Crippen LogP contribution < -0.4 is 15.5 Å². The molecule has 4 aromatic rings. The molecule has 1 saturated carbocycles. The first-order valence-electron chi connectivity index (χ1n) is 13.3. The Bertz CT molecular complexity index is 1430. The van der Waals surface area contributed by atoms with Gasteiger partial charge in [0.25, 0.3) is 11.8 Å². The highest BCUT2D eigenvalue weighted by atomic mass is 16.3. The van der Waals surface area contributed by atoms with Crippen molar-refractivity contribution >= 4 is 29.1 Å². The highest BCUT2D eigenvalue weighted by molar-refractivity contribution is 6.01. The first-order chi connectivity index (χ1) is 19.5. The monoisotopic (exact) mass is 541 g/mol. The van der Waals surface area contributed by atoms with Crippen molar-refractivity contribution in [1.82, 2.24) is 25.5 Å². The average Bonchev–Trinajstić information content (AvgIpc) is 3.66. The number of carbonyl (C=O) groups is 3. The van der Waals surface area contributed by atoms with E-state index in [1.165, 1.54) is 22.9 Å².